The monoisotopic (exact) mass is 442 g/mol. The molecule has 2 aliphatic rings. The van der Waals surface area contributed by atoms with E-state index in [9.17, 15) is 9.59 Å². The van der Waals surface area contributed by atoms with E-state index in [1.54, 1.807) is 37.3 Å². The van der Waals surface area contributed by atoms with E-state index in [1.807, 2.05) is 0 Å². The highest BCUT2D eigenvalue weighted by atomic mass is 35.5. The lowest BCUT2D eigenvalue weighted by Gasteiger charge is -2.20. The van der Waals surface area contributed by atoms with Gasteiger partial charge in [-0.15, -0.1) is 0 Å². The van der Waals surface area contributed by atoms with Gasteiger partial charge >= 0.3 is 5.97 Å². The first-order chi connectivity index (χ1) is 15.0. The number of fused-ring (bicyclic) bond motifs is 2. The number of hydrogen-bond acceptors (Lipinski definition) is 7. The first-order valence-electron chi connectivity index (χ1n) is 9.48. The Morgan fingerprint density at radius 2 is 2.13 bits per heavy atom. The molecule has 160 valence electrons. The van der Waals surface area contributed by atoms with Crippen LogP contribution >= 0.6 is 11.6 Å². The van der Waals surface area contributed by atoms with Gasteiger partial charge in [0.25, 0.3) is 0 Å². The van der Waals surface area contributed by atoms with Crippen molar-refractivity contribution in [3.05, 3.63) is 70.0 Å². The number of allylic oxidation sites excluding steroid dienone is 1. The molecule has 0 radical (unpaired) electrons. The lowest BCUT2D eigenvalue weighted by molar-refractivity contribution is -0.144. The predicted molar refractivity (Wildman–Crippen MR) is 113 cm³/mol. The molecule has 0 saturated carbocycles. The molecule has 0 unspecified atom stereocenters. The average molecular weight is 443 g/mol. The van der Waals surface area contributed by atoms with Gasteiger partial charge in [-0.3, -0.25) is 4.79 Å². The second-order valence-electron chi connectivity index (χ2n) is 6.86. The predicted octanol–water partition coefficient (Wildman–Crippen LogP) is 4.24. The summed E-state index contributed by atoms with van der Waals surface area (Å²) in [5.74, 6) is 0.759. The number of esters is 1. The van der Waals surface area contributed by atoms with Gasteiger partial charge < -0.3 is 23.7 Å². The molecule has 2 aliphatic heterocycles. The number of hydrogen-bond donors (Lipinski definition) is 0. The number of rotatable bonds is 6. The number of Topliss-reactive ketones (excluding diaryl/α,β-unsaturated/α-hetero) is 1. The van der Waals surface area contributed by atoms with Crippen molar-refractivity contribution in [2.45, 2.75) is 13.5 Å². The first kappa shape index (κ1) is 21.0. The van der Waals surface area contributed by atoms with Gasteiger partial charge in [-0.05, 0) is 37.3 Å². The fourth-order valence-electron chi connectivity index (χ4n) is 3.31. The number of ketones is 1. The summed E-state index contributed by atoms with van der Waals surface area (Å²) < 4.78 is 27.2. The Bertz CT molecular complexity index is 1100. The molecular weight excluding hydrogens is 424 g/mol. The summed E-state index contributed by atoms with van der Waals surface area (Å²) in [4.78, 5) is 24.5. The highest BCUT2D eigenvalue weighted by Gasteiger charge is 2.31. The summed E-state index contributed by atoms with van der Waals surface area (Å²) >= 11 is 6.20. The SMILES string of the molecule is C=CCOC(=O)COc1ccc2c(c1C)O/C(=C\c1cc(Cl)cc3c1OCOC3)C2=O. The maximum absolute atomic E-state index is 12.9. The molecule has 4 rings (SSSR count). The van der Waals surface area contributed by atoms with Crippen LogP contribution in [0.1, 0.15) is 27.0 Å². The van der Waals surface area contributed by atoms with E-state index in [4.69, 9.17) is 35.3 Å². The van der Waals surface area contributed by atoms with Gasteiger partial charge in [0.05, 0.1) is 12.2 Å². The van der Waals surface area contributed by atoms with Crippen molar-refractivity contribution in [1.82, 2.24) is 0 Å². The fraction of sp³-hybridized carbons (Fsp3) is 0.217. The van der Waals surface area contributed by atoms with Gasteiger partial charge in [0, 0.05) is 21.7 Å². The van der Waals surface area contributed by atoms with E-state index >= 15 is 0 Å². The Hall–Kier alpha value is -3.29. The van der Waals surface area contributed by atoms with Crippen molar-refractivity contribution in [2.75, 3.05) is 20.0 Å². The van der Waals surface area contributed by atoms with Gasteiger partial charge in [0.1, 0.15) is 23.9 Å². The van der Waals surface area contributed by atoms with E-state index in [0.717, 1.165) is 5.56 Å². The normalized spacial score (nSPS) is 15.5. The van der Waals surface area contributed by atoms with Crippen molar-refractivity contribution >= 4 is 29.4 Å². The van der Waals surface area contributed by atoms with E-state index in [1.165, 1.54) is 6.08 Å². The van der Waals surface area contributed by atoms with Gasteiger partial charge in [-0.25, -0.2) is 4.79 Å². The maximum Gasteiger partial charge on any atom is 0.344 e. The molecule has 0 aliphatic carbocycles. The summed E-state index contributed by atoms with van der Waals surface area (Å²) in [5, 5.41) is 0.498. The maximum atomic E-state index is 12.9. The molecule has 0 atom stereocenters. The molecule has 7 nitrogen and oxygen atoms in total. The number of benzene rings is 2. The Labute approximate surface area is 183 Å². The standard InChI is InChI=1S/C23H19ClO7/c1-3-6-28-20(25)11-29-18-5-4-17-21(26)19(31-22(17)13(18)2)9-14-7-16(24)8-15-10-27-12-30-23(14)15/h3-5,7-9H,1,6,10-12H2,2H3/b19-9-. The molecule has 2 aromatic carbocycles. The lowest BCUT2D eigenvalue weighted by Crippen LogP contribution is -2.15. The van der Waals surface area contributed by atoms with Crippen molar-refractivity contribution in [3.63, 3.8) is 0 Å². The van der Waals surface area contributed by atoms with Gasteiger partial charge in [0.2, 0.25) is 5.78 Å². The zero-order valence-electron chi connectivity index (χ0n) is 16.7. The van der Waals surface area contributed by atoms with Crippen LogP contribution in [0.25, 0.3) is 6.08 Å². The second kappa shape index (κ2) is 8.83. The van der Waals surface area contributed by atoms with Crippen molar-refractivity contribution in [2.24, 2.45) is 0 Å². The lowest BCUT2D eigenvalue weighted by atomic mass is 10.0. The summed E-state index contributed by atoms with van der Waals surface area (Å²) in [6.07, 6.45) is 3.08. The zero-order valence-corrected chi connectivity index (χ0v) is 17.5. The quantitative estimate of drug-likeness (QED) is 0.376. The summed E-state index contributed by atoms with van der Waals surface area (Å²) in [5.41, 5.74) is 2.43. The van der Waals surface area contributed by atoms with Crippen LogP contribution in [0.4, 0.5) is 0 Å². The Morgan fingerprint density at radius 3 is 2.94 bits per heavy atom. The van der Waals surface area contributed by atoms with Gasteiger partial charge in [0.15, 0.2) is 19.2 Å². The molecular formula is C23H19ClO7. The molecule has 8 heteroatoms. The van der Waals surface area contributed by atoms with E-state index in [-0.39, 0.29) is 31.5 Å². The Balaban J connectivity index is 1.59. The fourth-order valence-corrected chi connectivity index (χ4v) is 3.56. The third-order valence-electron chi connectivity index (χ3n) is 4.73. The topological polar surface area (TPSA) is 80.3 Å². The van der Waals surface area contributed by atoms with Crippen LogP contribution in [0.2, 0.25) is 5.02 Å². The zero-order chi connectivity index (χ0) is 22.0. The van der Waals surface area contributed by atoms with Crippen molar-refractivity contribution in [3.8, 4) is 17.2 Å². The highest BCUT2D eigenvalue weighted by Crippen LogP contribution is 2.40. The van der Waals surface area contributed by atoms with Crippen LogP contribution in [0.5, 0.6) is 17.2 Å². The Kier molecular flexibility index (Phi) is 5.97. The Morgan fingerprint density at radius 1 is 1.29 bits per heavy atom. The molecule has 0 spiro atoms. The van der Waals surface area contributed by atoms with Crippen LogP contribution < -0.4 is 14.2 Å². The van der Waals surface area contributed by atoms with E-state index in [0.29, 0.717) is 45.6 Å². The molecule has 0 amide bonds. The van der Waals surface area contributed by atoms with E-state index < -0.39 is 5.97 Å². The third kappa shape index (κ3) is 4.28. The number of carbonyl (C=O) groups is 2. The summed E-state index contributed by atoms with van der Waals surface area (Å²) in [7, 11) is 0. The van der Waals surface area contributed by atoms with Crippen LogP contribution in [0.3, 0.4) is 0 Å². The highest BCUT2D eigenvalue weighted by molar-refractivity contribution is 6.31. The summed E-state index contributed by atoms with van der Waals surface area (Å²) in [6.45, 7) is 5.57. The van der Waals surface area contributed by atoms with Crippen LogP contribution in [-0.4, -0.2) is 31.8 Å². The third-order valence-corrected chi connectivity index (χ3v) is 4.95. The van der Waals surface area contributed by atoms with Gasteiger partial charge in [-0.1, -0.05) is 24.3 Å². The molecule has 0 aromatic heterocycles. The minimum Gasteiger partial charge on any atom is -0.481 e. The molecule has 2 heterocycles. The minimum absolute atomic E-state index is 0.111. The number of halogens is 1. The second-order valence-corrected chi connectivity index (χ2v) is 7.30. The average Bonchev–Trinajstić information content (AvgIpc) is 3.08. The summed E-state index contributed by atoms with van der Waals surface area (Å²) in [6, 6.07) is 6.70. The molecule has 0 bridgehead atoms. The first-order valence-corrected chi connectivity index (χ1v) is 9.86. The molecule has 31 heavy (non-hydrogen) atoms. The number of carbonyl (C=O) groups excluding carboxylic acids is 2. The van der Waals surface area contributed by atoms with Crippen LogP contribution in [0.15, 0.2) is 42.7 Å². The molecule has 0 saturated heterocycles. The van der Waals surface area contributed by atoms with Gasteiger partial charge in [-0.2, -0.15) is 0 Å². The van der Waals surface area contributed by atoms with Crippen molar-refractivity contribution in [1.29, 1.82) is 0 Å². The van der Waals surface area contributed by atoms with Crippen LogP contribution in [0, 0.1) is 6.92 Å². The van der Waals surface area contributed by atoms with Crippen LogP contribution in [-0.2, 0) is 20.9 Å². The largest absolute Gasteiger partial charge is 0.481 e. The minimum atomic E-state index is -0.521. The molecule has 2 aromatic rings. The number of ether oxygens (including phenoxy) is 5. The molecule has 0 fully saturated rings. The van der Waals surface area contributed by atoms with E-state index in [2.05, 4.69) is 6.58 Å². The van der Waals surface area contributed by atoms with Crippen molar-refractivity contribution < 1.29 is 33.3 Å². The molecule has 0 N–H and O–H groups in total. The smallest absolute Gasteiger partial charge is 0.344 e.